The highest BCUT2D eigenvalue weighted by molar-refractivity contribution is 7.99. The zero-order chi connectivity index (χ0) is 18.6. The molecule has 2 amide bonds. The minimum atomic E-state index is -0.360. The van der Waals surface area contributed by atoms with Gasteiger partial charge in [-0.2, -0.15) is 0 Å². The summed E-state index contributed by atoms with van der Waals surface area (Å²) in [6, 6.07) is 10.8. The Hall–Kier alpha value is -2.54. The van der Waals surface area contributed by atoms with Crippen molar-refractivity contribution in [2.24, 2.45) is 0 Å². The zero-order valence-corrected chi connectivity index (χ0v) is 15.7. The van der Waals surface area contributed by atoms with Crippen molar-refractivity contribution in [3.8, 4) is 0 Å². The number of anilines is 2. The summed E-state index contributed by atoms with van der Waals surface area (Å²) < 4.78 is 4.98. The van der Waals surface area contributed by atoms with Gasteiger partial charge in [-0.15, -0.1) is 11.8 Å². The van der Waals surface area contributed by atoms with Gasteiger partial charge in [-0.3, -0.25) is 9.69 Å². The van der Waals surface area contributed by atoms with Crippen molar-refractivity contribution in [2.75, 3.05) is 23.4 Å². The van der Waals surface area contributed by atoms with Crippen LogP contribution in [-0.4, -0.2) is 35.4 Å². The number of hydrogen-bond donors (Lipinski definition) is 1. The molecule has 6 nitrogen and oxygen atoms in total. The number of nitrogens with one attached hydrogen (secondary N) is 1. The fraction of sp³-hybridized carbons (Fsp3) is 0.350. The highest BCUT2D eigenvalue weighted by atomic mass is 32.2. The molecule has 1 aliphatic carbocycles. The van der Waals surface area contributed by atoms with Crippen molar-refractivity contribution in [3.63, 3.8) is 0 Å². The van der Waals surface area contributed by atoms with E-state index in [1.807, 2.05) is 18.2 Å². The van der Waals surface area contributed by atoms with E-state index in [0.29, 0.717) is 35.3 Å². The lowest BCUT2D eigenvalue weighted by Crippen LogP contribution is -2.23. The quantitative estimate of drug-likeness (QED) is 0.832. The van der Waals surface area contributed by atoms with Crippen molar-refractivity contribution in [2.45, 2.75) is 36.0 Å². The molecule has 1 aliphatic heterocycles. The maximum Gasteiger partial charge on any atom is 0.414 e. The maximum absolute atomic E-state index is 12.8. The van der Waals surface area contributed by atoms with E-state index in [1.54, 1.807) is 41.1 Å². The molecular weight excluding hydrogens is 362 g/mol. The predicted molar refractivity (Wildman–Crippen MR) is 105 cm³/mol. The summed E-state index contributed by atoms with van der Waals surface area (Å²) >= 11 is 1.70. The first kappa shape index (κ1) is 17.9. The minimum absolute atomic E-state index is 0.190. The van der Waals surface area contributed by atoms with Gasteiger partial charge in [-0.1, -0.05) is 18.9 Å². The van der Waals surface area contributed by atoms with Gasteiger partial charge >= 0.3 is 6.09 Å². The Morgan fingerprint density at radius 2 is 2.07 bits per heavy atom. The average Bonchev–Trinajstić information content (AvgIpc) is 3.34. The number of amides is 2. The first-order chi connectivity index (χ1) is 13.2. The SMILES string of the molecule is O=C(Nc1cccc(N2CCOC2=O)c1)c1cccnc1SC1CCCC1. The average molecular weight is 383 g/mol. The molecule has 27 heavy (non-hydrogen) atoms. The summed E-state index contributed by atoms with van der Waals surface area (Å²) in [5.74, 6) is -0.190. The number of ether oxygens (including phenoxy) is 1. The molecule has 2 aromatic rings. The van der Waals surface area contributed by atoms with Gasteiger partial charge in [0.05, 0.1) is 12.1 Å². The lowest BCUT2D eigenvalue weighted by atomic mass is 10.2. The molecule has 0 unspecified atom stereocenters. The number of carbonyl (C=O) groups excluding carboxylic acids is 2. The molecule has 2 fully saturated rings. The second kappa shape index (κ2) is 8.00. The van der Waals surface area contributed by atoms with Crippen molar-refractivity contribution in [1.82, 2.24) is 4.98 Å². The Balaban J connectivity index is 1.50. The molecule has 1 saturated carbocycles. The van der Waals surface area contributed by atoms with Crippen LogP contribution in [0.5, 0.6) is 0 Å². The van der Waals surface area contributed by atoms with Gasteiger partial charge in [-0.05, 0) is 43.2 Å². The molecule has 1 N–H and O–H groups in total. The molecule has 2 aliphatic rings. The van der Waals surface area contributed by atoms with Gasteiger partial charge < -0.3 is 10.1 Å². The smallest absolute Gasteiger partial charge is 0.414 e. The Morgan fingerprint density at radius 3 is 2.85 bits per heavy atom. The molecule has 1 aromatic carbocycles. The third kappa shape index (κ3) is 4.08. The molecule has 0 spiro atoms. The zero-order valence-electron chi connectivity index (χ0n) is 14.9. The van der Waals surface area contributed by atoms with Crippen LogP contribution in [0.2, 0.25) is 0 Å². The van der Waals surface area contributed by atoms with Gasteiger partial charge in [0.15, 0.2) is 0 Å². The number of nitrogens with zero attached hydrogens (tertiary/aromatic N) is 2. The summed E-state index contributed by atoms with van der Waals surface area (Å²) in [7, 11) is 0. The molecule has 140 valence electrons. The van der Waals surface area contributed by atoms with Crippen molar-refractivity contribution in [1.29, 1.82) is 0 Å². The third-order valence-corrected chi connectivity index (χ3v) is 6.13. The number of benzene rings is 1. The van der Waals surface area contributed by atoms with E-state index >= 15 is 0 Å². The lowest BCUT2D eigenvalue weighted by Gasteiger charge is -2.15. The fourth-order valence-corrected chi connectivity index (χ4v) is 4.69. The molecule has 0 radical (unpaired) electrons. The van der Waals surface area contributed by atoms with Crippen LogP contribution in [0, 0.1) is 0 Å². The molecule has 4 rings (SSSR count). The largest absolute Gasteiger partial charge is 0.447 e. The van der Waals surface area contributed by atoms with Crippen molar-refractivity contribution in [3.05, 3.63) is 48.2 Å². The summed E-state index contributed by atoms with van der Waals surface area (Å²) in [6.07, 6.45) is 6.22. The first-order valence-electron chi connectivity index (χ1n) is 9.18. The van der Waals surface area contributed by atoms with E-state index in [9.17, 15) is 9.59 Å². The van der Waals surface area contributed by atoms with E-state index < -0.39 is 0 Å². The Kier molecular flexibility index (Phi) is 5.29. The molecule has 2 heterocycles. The molecule has 7 heteroatoms. The van der Waals surface area contributed by atoms with Crippen LogP contribution < -0.4 is 10.2 Å². The summed E-state index contributed by atoms with van der Waals surface area (Å²) in [4.78, 5) is 30.6. The van der Waals surface area contributed by atoms with Crippen LogP contribution in [-0.2, 0) is 4.74 Å². The van der Waals surface area contributed by atoms with Crippen LogP contribution in [0.1, 0.15) is 36.0 Å². The number of rotatable bonds is 5. The second-order valence-corrected chi connectivity index (χ2v) is 7.94. The highest BCUT2D eigenvalue weighted by Gasteiger charge is 2.24. The number of thioether (sulfide) groups is 1. The van der Waals surface area contributed by atoms with Crippen molar-refractivity contribution < 1.29 is 14.3 Å². The second-order valence-electron chi connectivity index (χ2n) is 6.65. The summed E-state index contributed by atoms with van der Waals surface area (Å²) in [5, 5.41) is 4.25. The number of hydrogen-bond acceptors (Lipinski definition) is 5. The Morgan fingerprint density at radius 1 is 1.22 bits per heavy atom. The molecule has 1 saturated heterocycles. The number of pyridine rings is 1. The van der Waals surface area contributed by atoms with E-state index in [4.69, 9.17) is 4.74 Å². The molecular formula is C20H21N3O3S. The van der Waals surface area contributed by atoms with Gasteiger partial charge in [0.2, 0.25) is 0 Å². The van der Waals surface area contributed by atoms with Gasteiger partial charge in [0.25, 0.3) is 5.91 Å². The van der Waals surface area contributed by atoms with Gasteiger partial charge in [-0.25, -0.2) is 9.78 Å². The van der Waals surface area contributed by atoms with Gasteiger partial charge in [0.1, 0.15) is 11.6 Å². The number of carbonyl (C=O) groups is 2. The van der Waals surface area contributed by atoms with Crippen LogP contribution in [0.25, 0.3) is 0 Å². The predicted octanol–water partition coefficient (Wildman–Crippen LogP) is 4.33. The minimum Gasteiger partial charge on any atom is -0.447 e. The first-order valence-corrected chi connectivity index (χ1v) is 10.1. The van der Waals surface area contributed by atoms with E-state index in [1.165, 1.54) is 25.7 Å². The molecule has 1 aromatic heterocycles. The van der Waals surface area contributed by atoms with Crippen LogP contribution in [0.4, 0.5) is 16.2 Å². The summed E-state index contributed by atoms with van der Waals surface area (Å²) in [6.45, 7) is 0.897. The van der Waals surface area contributed by atoms with Crippen LogP contribution in [0.15, 0.2) is 47.6 Å². The fourth-order valence-electron chi connectivity index (χ4n) is 3.40. The van der Waals surface area contributed by atoms with E-state index in [2.05, 4.69) is 10.3 Å². The molecule has 0 bridgehead atoms. The van der Waals surface area contributed by atoms with E-state index in [0.717, 1.165) is 5.03 Å². The Bertz CT molecular complexity index is 852. The third-order valence-electron chi connectivity index (χ3n) is 4.77. The highest BCUT2D eigenvalue weighted by Crippen LogP contribution is 2.35. The van der Waals surface area contributed by atoms with Crippen molar-refractivity contribution >= 4 is 35.1 Å². The van der Waals surface area contributed by atoms with E-state index in [-0.39, 0.29) is 12.0 Å². The summed E-state index contributed by atoms with van der Waals surface area (Å²) in [5.41, 5.74) is 1.93. The topological polar surface area (TPSA) is 71.5 Å². The van der Waals surface area contributed by atoms with Crippen LogP contribution in [0.3, 0.4) is 0 Å². The van der Waals surface area contributed by atoms with Gasteiger partial charge in [0, 0.05) is 22.8 Å². The standard InChI is InChI=1S/C20H21N3O3S/c24-18(17-9-4-10-21-19(17)27-16-7-1-2-8-16)22-14-5-3-6-15(13-14)23-11-12-26-20(23)25/h3-6,9-10,13,16H,1-2,7-8,11-12H2,(H,22,24). The monoisotopic (exact) mass is 383 g/mol. The maximum atomic E-state index is 12.8. The normalized spacial score (nSPS) is 17.2. The number of aromatic nitrogens is 1. The van der Waals surface area contributed by atoms with Crippen LogP contribution >= 0.6 is 11.8 Å². The lowest BCUT2D eigenvalue weighted by molar-refractivity contribution is 0.102. The Labute approximate surface area is 162 Å². The molecule has 0 atom stereocenters. The number of cyclic esters (lactones) is 1.